The number of halogens is 1. The van der Waals surface area contributed by atoms with E-state index in [0.29, 0.717) is 5.15 Å². The Morgan fingerprint density at radius 1 is 1.57 bits per heavy atom. The molecular weight excluding hydrogens is 204 g/mol. The Morgan fingerprint density at radius 3 is 3.00 bits per heavy atom. The van der Waals surface area contributed by atoms with Crippen molar-refractivity contribution in [1.82, 2.24) is 4.98 Å². The highest BCUT2D eigenvalue weighted by atomic mass is 35.5. The minimum Gasteiger partial charge on any atom is -0.370 e. The molecule has 6 heteroatoms. The van der Waals surface area contributed by atoms with Crippen LogP contribution in [0, 0.1) is 0 Å². The number of hydrogen-bond donors (Lipinski definition) is 3. The summed E-state index contributed by atoms with van der Waals surface area (Å²) in [5.74, 6) is -0.359. The summed E-state index contributed by atoms with van der Waals surface area (Å²) in [5.41, 5.74) is 6.75. The zero-order valence-corrected chi connectivity index (χ0v) is 8.01. The Morgan fingerprint density at radius 2 is 2.29 bits per heavy atom. The summed E-state index contributed by atoms with van der Waals surface area (Å²) in [6.45, 7) is 0. The van der Waals surface area contributed by atoms with E-state index < -0.39 is 0 Å². The van der Waals surface area contributed by atoms with E-state index in [2.05, 4.69) is 15.6 Å². The predicted octanol–water partition coefficient (Wildman–Crippen LogP) is 0.774. The molecule has 1 aliphatic heterocycles. The zero-order valence-electron chi connectivity index (χ0n) is 7.25. The molecule has 0 saturated carbocycles. The van der Waals surface area contributed by atoms with Crippen LogP contribution in [0.5, 0.6) is 0 Å². The maximum atomic E-state index is 10.7. The standard InChI is InChI=1S/C8H9ClN4O/c9-6-1-4-5(3-11-6)13-8(12-4)2-7(10)14/h1,3,8,12-13H,2H2,(H2,10,14). The third-order valence-corrected chi connectivity index (χ3v) is 2.14. The maximum Gasteiger partial charge on any atom is 0.221 e. The molecule has 0 spiro atoms. The normalized spacial score (nSPS) is 18.2. The molecule has 2 rings (SSSR count). The van der Waals surface area contributed by atoms with Crippen LogP contribution in [0.25, 0.3) is 0 Å². The monoisotopic (exact) mass is 212 g/mol. The number of carbonyl (C=O) groups is 1. The van der Waals surface area contributed by atoms with Crippen molar-refractivity contribution in [2.24, 2.45) is 5.73 Å². The molecule has 4 N–H and O–H groups in total. The molecule has 1 aliphatic rings. The molecule has 74 valence electrons. The van der Waals surface area contributed by atoms with Gasteiger partial charge in [0.15, 0.2) is 0 Å². The van der Waals surface area contributed by atoms with E-state index in [0.717, 1.165) is 11.4 Å². The summed E-state index contributed by atoms with van der Waals surface area (Å²) >= 11 is 5.71. The third-order valence-electron chi connectivity index (χ3n) is 1.94. The van der Waals surface area contributed by atoms with Gasteiger partial charge >= 0.3 is 0 Å². The molecular formula is C8H9ClN4O. The molecule has 0 bridgehead atoms. The number of carbonyl (C=O) groups excluding carboxylic acids is 1. The first-order valence-corrected chi connectivity index (χ1v) is 4.50. The van der Waals surface area contributed by atoms with Gasteiger partial charge < -0.3 is 16.4 Å². The van der Waals surface area contributed by atoms with Gasteiger partial charge in [-0.25, -0.2) is 4.98 Å². The fourth-order valence-corrected chi connectivity index (χ4v) is 1.54. The molecule has 5 nitrogen and oxygen atoms in total. The largest absolute Gasteiger partial charge is 0.370 e. The van der Waals surface area contributed by atoms with Crippen LogP contribution in [0.4, 0.5) is 11.4 Å². The second-order valence-corrected chi connectivity index (χ2v) is 3.45. The van der Waals surface area contributed by atoms with Crippen LogP contribution < -0.4 is 16.4 Å². The smallest absolute Gasteiger partial charge is 0.221 e. The minimum atomic E-state index is -0.359. The van der Waals surface area contributed by atoms with E-state index in [9.17, 15) is 4.79 Å². The lowest BCUT2D eigenvalue weighted by atomic mass is 10.3. The Labute approximate surface area is 85.6 Å². The first kappa shape index (κ1) is 9.08. The van der Waals surface area contributed by atoms with Crippen molar-refractivity contribution in [3.05, 3.63) is 17.4 Å². The van der Waals surface area contributed by atoms with Crippen molar-refractivity contribution in [3.63, 3.8) is 0 Å². The lowest BCUT2D eigenvalue weighted by molar-refractivity contribution is -0.118. The number of primary amides is 1. The van der Waals surface area contributed by atoms with Gasteiger partial charge in [-0.2, -0.15) is 0 Å². The first-order chi connectivity index (χ1) is 6.65. The van der Waals surface area contributed by atoms with Crippen LogP contribution >= 0.6 is 11.6 Å². The number of aromatic nitrogens is 1. The number of nitrogens with one attached hydrogen (secondary N) is 2. The van der Waals surface area contributed by atoms with Gasteiger partial charge in [-0.05, 0) is 0 Å². The van der Waals surface area contributed by atoms with E-state index in [1.54, 1.807) is 12.3 Å². The van der Waals surface area contributed by atoms with Crippen molar-refractivity contribution in [2.75, 3.05) is 10.6 Å². The topological polar surface area (TPSA) is 80.0 Å². The summed E-state index contributed by atoms with van der Waals surface area (Å²) in [5, 5.41) is 6.54. The number of hydrogen-bond acceptors (Lipinski definition) is 4. The van der Waals surface area contributed by atoms with Crippen LogP contribution in [0.3, 0.4) is 0 Å². The number of fused-ring (bicyclic) bond motifs is 1. The van der Waals surface area contributed by atoms with E-state index in [1.165, 1.54) is 0 Å². The summed E-state index contributed by atoms with van der Waals surface area (Å²) in [7, 11) is 0. The molecule has 14 heavy (non-hydrogen) atoms. The number of nitrogens with two attached hydrogens (primary N) is 1. The third kappa shape index (κ3) is 1.72. The van der Waals surface area contributed by atoms with Crippen molar-refractivity contribution in [1.29, 1.82) is 0 Å². The minimum absolute atomic E-state index is 0.164. The molecule has 0 saturated heterocycles. The highest BCUT2D eigenvalue weighted by Crippen LogP contribution is 2.30. The van der Waals surface area contributed by atoms with Crippen LogP contribution in [0.15, 0.2) is 12.3 Å². The van der Waals surface area contributed by atoms with Gasteiger partial charge in [0.25, 0.3) is 0 Å². The molecule has 0 aliphatic carbocycles. The highest BCUT2D eigenvalue weighted by Gasteiger charge is 2.21. The van der Waals surface area contributed by atoms with Crippen LogP contribution in [-0.4, -0.2) is 17.1 Å². The lowest BCUT2D eigenvalue weighted by Crippen LogP contribution is -2.28. The van der Waals surface area contributed by atoms with Gasteiger partial charge in [-0.15, -0.1) is 0 Å². The molecule has 1 aromatic heterocycles. The summed E-state index contributed by atoms with van der Waals surface area (Å²) in [4.78, 5) is 14.6. The van der Waals surface area contributed by atoms with Gasteiger partial charge in [-0.3, -0.25) is 4.79 Å². The van der Waals surface area contributed by atoms with Gasteiger partial charge in [-0.1, -0.05) is 11.6 Å². The van der Waals surface area contributed by atoms with Gasteiger partial charge in [0.2, 0.25) is 5.91 Å². The molecule has 2 heterocycles. The number of amides is 1. The van der Waals surface area contributed by atoms with E-state index >= 15 is 0 Å². The number of pyridine rings is 1. The van der Waals surface area contributed by atoms with Crippen molar-refractivity contribution >= 4 is 28.9 Å². The Kier molecular flexibility index (Phi) is 2.17. The lowest BCUT2D eigenvalue weighted by Gasteiger charge is -2.08. The Hall–Kier alpha value is -1.49. The van der Waals surface area contributed by atoms with Crippen LogP contribution in [0.2, 0.25) is 5.15 Å². The molecule has 1 amide bonds. The molecule has 1 unspecified atom stereocenters. The summed E-state index contributed by atoms with van der Waals surface area (Å²) in [6.07, 6.45) is 1.68. The maximum absolute atomic E-state index is 10.7. The summed E-state index contributed by atoms with van der Waals surface area (Å²) < 4.78 is 0. The number of anilines is 2. The van der Waals surface area contributed by atoms with Gasteiger partial charge in [0.1, 0.15) is 11.3 Å². The molecule has 0 aromatic carbocycles. The predicted molar refractivity (Wildman–Crippen MR) is 54.1 cm³/mol. The van der Waals surface area contributed by atoms with Crippen molar-refractivity contribution in [2.45, 2.75) is 12.6 Å². The SMILES string of the molecule is NC(=O)CC1Nc2cnc(Cl)cc2N1. The van der Waals surface area contributed by atoms with Crippen molar-refractivity contribution < 1.29 is 4.79 Å². The van der Waals surface area contributed by atoms with Crippen LogP contribution in [0.1, 0.15) is 6.42 Å². The van der Waals surface area contributed by atoms with Gasteiger partial charge in [0, 0.05) is 6.07 Å². The number of nitrogens with zero attached hydrogens (tertiary/aromatic N) is 1. The Balaban J connectivity index is 2.14. The van der Waals surface area contributed by atoms with E-state index in [4.69, 9.17) is 17.3 Å². The van der Waals surface area contributed by atoms with E-state index in [1.807, 2.05) is 0 Å². The number of rotatable bonds is 2. The molecule has 1 atom stereocenters. The average molecular weight is 213 g/mol. The molecule has 1 aromatic rings. The van der Waals surface area contributed by atoms with E-state index in [-0.39, 0.29) is 18.5 Å². The summed E-state index contributed by atoms with van der Waals surface area (Å²) in [6, 6.07) is 1.70. The van der Waals surface area contributed by atoms with Crippen molar-refractivity contribution in [3.8, 4) is 0 Å². The highest BCUT2D eigenvalue weighted by molar-refractivity contribution is 6.29. The average Bonchev–Trinajstić information content (AvgIpc) is 2.44. The fraction of sp³-hybridized carbons (Fsp3) is 0.250. The zero-order chi connectivity index (χ0) is 10.1. The Bertz CT molecular complexity index is 382. The molecule has 0 fully saturated rings. The van der Waals surface area contributed by atoms with Crippen LogP contribution in [-0.2, 0) is 4.79 Å². The first-order valence-electron chi connectivity index (χ1n) is 4.12. The second-order valence-electron chi connectivity index (χ2n) is 3.06. The molecule has 0 radical (unpaired) electrons. The quantitative estimate of drug-likeness (QED) is 0.633. The second kappa shape index (κ2) is 3.34. The van der Waals surface area contributed by atoms with Gasteiger partial charge in [0.05, 0.1) is 24.0 Å². The fourth-order valence-electron chi connectivity index (χ4n) is 1.38.